The molecular formula is C30H28N2O7. The molecule has 1 fully saturated rings. The zero-order valence-corrected chi connectivity index (χ0v) is 21.7. The molecule has 5 rings (SSSR count). The molecular weight excluding hydrogens is 500 g/mol. The van der Waals surface area contributed by atoms with E-state index in [1.54, 1.807) is 43.5 Å². The van der Waals surface area contributed by atoms with E-state index in [1.807, 2.05) is 24.4 Å². The van der Waals surface area contributed by atoms with E-state index in [9.17, 15) is 19.8 Å². The number of ether oxygens (including phenoxy) is 3. The van der Waals surface area contributed by atoms with E-state index in [4.69, 9.17) is 14.2 Å². The SMILES string of the molecule is COc1cccc(C(O)=C2C(=O)C(=O)N(CCc3c[nH]c4ccc(OC)cc34)[C@@H]2c2ccc(O)c(OC)c2)c1. The summed E-state index contributed by atoms with van der Waals surface area (Å²) < 4.78 is 15.9. The highest BCUT2D eigenvalue weighted by atomic mass is 16.5. The number of benzene rings is 3. The number of hydrogen-bond acceptors (Lipinski definition) is 7. The van der Waals surface area contributed by atoms with Gasteiger partial charge in [0.2, 0.25) is 0 Å². The van der Waals surface area contributed by atoms with Gasteiger partial charge in [0.25, 0.3) is 11.7 Å². The minimum absolute atomic E-state index is 0.0541. The average molecular weight is 529 g/mol. The van der Waals surface area contributed by atoms with Crippen LogP contribution >= 0.6 is 0 Å². The fraction of sp³-hybridized carbons (Fsp3) is 0.200. The van der Waals surface area contributed by atoms with Crippen LogP contribution in [-0.4, -0.2) is 59.7 Å². The number of aromatic amines is 1. The molecule has 0 bridgehead atoms. The maximum atomic E-state index is 13.4. The van der Waals surface area contributed by atoms with Gasteiger partial charge in [-0.15, -0.1) is 0 Å². The lowest BCUT2D eigenvalue weighted by Gasteiger charge is -2.26. The Morgan fingerprint density at radius 3 is 2.46 bits per heavy atom. The van der Waals surface area contributed by atoms with E-state index < -0.39 is 17.7 Å². The van der Waals surface area contributed by atoms with E-state index in [-0.39, 0.29) is 29.4 Å². The van der Waals surface area contributed by atoms with Gasteiger partial charge in [-0.05, 0) is 60.0 Å². The van der Waals surface area contributed by atoms with Gasteiger partial charge in [0, 0.05) is 29.2 Å². The van der Waals surface area contributed by atoms with Gasteiger partial charge in [0.1, 0.15) is 17.3 Å². The monoisotopic (exact) mass is 528 g/mol. The second kappa shape index (κ2) is 10.4. The molecule has 1 aliphatic rings. The number of methoxy groups -OCH3 is 3. The Balaban J connectivity index is 1.59. The number of fused-ring (bicyclic) bond motifs is 1. The number of carbonyl (C=O) groups excluding carboxylic acids is 2. The van der Waals surface area contributed by atoms with Gasteiger partial charge in [0.05, 0.1) is 32.9 Å². The van der Waals surface area contributed by atoms with Crippen molar-refractivity contribution >= 4 is 28.4 Å². The molecule has 0 unspecified atom stereocenters. The number of H-pyrrole nitrogens is 1. The van der Waals surface area contributed by atoms with Gasteiger partial charge in [-0.25, -0.2) is 0 Å². The number of rotatable bonds is 8. The van der Waals surface area contributed by atoms with Crippen LogP contribution in [0.25, 0.3) is 16.7 Å². The maximum absolute atomic E-state index is 13.4. The number of aliphatic hydroxyl groups is 1. The van der Waals surface area contributed by atoms with Crippen molar-refractivity contribution in [2.75, 3.05) is 27.9 Å². The van der Waals surface area contributed by atoms with E-state index in [1.165, 1.54) is 25.2 Å². The molecule has 1 amide bonds. The van der Waals surface area contributed by atoms with Crippen molar-refractivity contribution in [2.24, 2.45) is 0 Å². The molecule has 4 aromatic rings. The molecule has 1 aliphatic heterocycles. The van der Waals surface area contributed by atoms with Gasteiger partial charge in [-0.2, -0.15) is 0 Å². The molecule has 0 spiro atoms. The Hall–Kier alpha value is -4.92. The number of nitrogens with one attached hydrogen (secondary N) is 1. The lowest BCUT2D eigenvalue weighted by Crippen LogP contribution is -2.31. The molecule has 9 heteroatoms. The number of hydrogen-bond donors (Lipinski definition) is 3. The summed E-state index contributed by atoms with van der Waals surface area (Å²) in [6.45, 7) is 0.192. The number of nitrogens with zero attached hydrogens (tertiary/aromatic N) is 1. The van der Waals surface area contributed by atoms with Crippen LogP contribution in [0.15, 0.2) is 72.4 Å². The zero-order valence-electron chi connectivity index (χ0n) is 21.7. The summed E-state index contributed by atoms with van der Waals surface area (Å²) >= 11 is 0. The number of Topliss-reactive ketones (excluding diaryl/α,β-unsaturated/α-hetero) is 1. The minimum atomic E-state index is -0.912. The molecule has 39 heavy (non-hydrogen) atoms. The molecule has 3 aromatic carbocycles. The Labute approximate surface area is 224 Å². The molecule has 1 aromatic heterocycles. The van der Waals surface area contributed by atoms with Gasteiger partial charge in [-0.1, -0.05) is 18.2 Å². The highest BCUT2D eigenvalue weighted by molar-refractivity contribution is 6.46. The summed E-state index contributed by atoms with van der Waals surface area (Å²) in [5.41, 5.74) is 2.66. The van der Waals surface area contributed by atoms with E-state index in [0.29, 0.717) is 29.0 Å². The summed E-state index contributed by atoms with van der Waals surface area (Å²) in [7, 11) is 4.51. The standard InChI is InChI=1S/C30H28N2O7/c1-37-20-6-4-5-18(13-20)28(34)26-27(17-7-10-24(33)25(14-17)39-3)32(30(36)29(26)35)12-11-19-16-31-23-9-8-21(38-2)15-22(19)23/h4-10,13-16,27,31,33-34H,11-12H2,1-3H3/t27-/m1/s1. The lowest BCUT2D eigenvalue weighted by atomic mass is 9.94. The number of phenols is 1. The first kappa shape index (κ1) is 25.7. The van der Waals surface area contributed by atoms with Crippen LogP contribution < -0.4 is 14.2 Å². The van der Waals surface area contributed by atoms with Gasteiger partial charge in [0.15, 0.2) is 11.5 Å². The minimum Gasteiger partial charge on any atom is -0.507 e. The fourth-order valence-electron chi connectivity index (χ4n) is 4.98. The molecule has 0 radical (unpaired) electrons. The van der Waals surface area contributed by atoms with E-state index >= 15 is 0 Å². The lowest BCUT2D eigenvalue weighted by molar-refractivity contribution is -0.139. The fourth-order valence-corrected chi connectivity index (χ4v) is 4.98. The zero-order chi connectivity index (χ0) is 27.7. The third kappa shape index (κ3) is 4.63. The average Bonchev–Trinajstić information content (AvgIpc) is 3.48. The second-order valence-electron chi connectivity index (χ2n) is 9.13. The smallest absolute Gasteiger partial charge is 0.295 e. The van der Waals surface area contributed by atoms with Crippen LogP contribution in [0.2, 0.25) is 0 Å². The number of carbonyl (C=O) groups is 2. The molecule has 0 aliphatic carbocycles. The maximum Gasteiger partial charge on any atom is 0.295 e. The van der Waals surface area contributed by atoms with Crippen molar-refractivity contribution < 1.29 is 34.0 Å². The number of phenolic OH excluding ortho intramolecular Hbond substituents is 1. The van der Waals surface area contributed by atoms with Crippen LogP contribution in [-0.2, 0) is 16.0 Å². The van der Waals surface area contributed by atoms with Crippen molar-refractivity contribution in [3.05, 3.63) is 89.1 Å². The highest BCUT2D eigenvalue weighted by Gasteiger charge is 2.46. The predicted molar refractivity (Wildman–Crippen MR) is 145 cm³/mol. The molecule has 200 valence electrons. The first-order chi connectivity index (χ1) is 18.9. The quantitative estimate of drug-likeness (QED) is 0.174. The van der Waals surface area contributed by atoms with Gasteiger partial charge >= 0.3 is 0 Å². The molecule has 1 atom stereocenters. The molecule has 1 saturated heterocycles. The molecule has 9 nitrogen and oxygen atoms in total. The molecule has 0 saturated carbocycles. The first-order valence-corrected chi connectivity index (χ1v) is 12.3. The largest absolute Gasteiger partial charge is 0.507 e. The summed E-state index contributed by atoms with van der Waals surface area (Å²) in [6.07, 6.45) is 2.31. The number of aromatic nitrogens is 1. The van der Waals surface area contributed by atoms with Crippen molar-refractivity contribution in [2.45, 2.75) is 12.5 Å². The number of aliphatic hydroxyl groups excluding tert-OH is 1. The van der Waals surface area contributed by atoms with Crippen molar-refractivity contribution in [3.8, 4) is 23.0 Å². The van der Waals surface area contributed by atoms with Crippen molar-refractivity contribution in [1.82, 2.24) is 9.88 Å². The van der Waals surface area contributed by atoms with Crippen LogP contribution in [0, 0.1) is 0 Å². The van der Waals surface area contributed by atoms with Crippen LogP contribution in [0.1, 0.15) is 22.7 Å². The van der Waals surface area contributed by atoms with Gasteiger partial charge in [-0.3, -0.25) is 9.59 Å². The summed E-state index contributed by atoms with van der Waals surface area (Å²) in [4.78, 5) is 31.5. The van der Waals surface area contributed by atoms with Crippen LogP contribution in [0.5, 0.6) is 23.0 Å². The Kier molecular flexibility index (Phi) is 6.89. The Morgan fingerprint density at radius 1 is 0.949 bits per heavy atom. The first-order valence-electron chi connectivity index (χ1n) is 12.3. The topological polar surface area (TPSA) is 121 Å². The van der Waals surface area contributed by atoms with Crippen LogP contribution in [0.3, 0.4) is 0 Å². The molecule has 2 heterocycles. The van der Waals surface area contributed by atoms with Crippen molar-refractivity contribution in [1.29, 1.82) is 0 Å². The summed E-state index contributed by atoms with van der Waals surface area (Å²) in [5.74, 6) is -0.545. The second-order valence-corrected chi connectivity index (χ2v) is 9.13. The normalized spacial score (nSPS) is 16.6. The Morgan fingerprint density at radius 2 is 1.72 bits per heavy atom. The number of ketones is 1. The number of amides is 1. The summed E-state index contributed by atoms with van der Waals surface area (Å²) in [5, 5.41) is 22.5. The molecule has 3 N–H and O–H groups in total. The highest BCUT2D eigenvalue weighted by Crippen LogP contribution is 2.42. The third-order valence-corrected chi connectivity index (χ3v) is 7.00. The summed E-state index contributed by atoms with van der Waals surface area (Å²) in [6, 6.07) is 16.0. The van der Waals surface area contributed by atoms with E-state index in [2.05, 4.69) is 4.98 Å². The predicted octanol–water partition coefficient (Wildman–Crippen LogP) is 4.56. The number of likely N-dealkylation sites (tertiary alicyclic amines) is 1. The number of aromatic hydroxyl groups is 1. The third-order valence-electron chi connectivity index (χ3n) is 7.00. The van der Waals surface area contributed by atoms with E-state index in [0.717, 1.165) is 16.5 Å². The Bertz CT molecular complexity index is 1600. The van der Waals surface area contributed by atoms with Crippen LogP contribution in [0.4, 0.5) is 0 Å². The van der Waals surface area contributed by atoms with Gasteiger partial charge < -0.3 is 34.3 Å². The van der Waals surface area contributed by atoms with Crippen molar-refractivity contribution in [3.63, 3.8) is 0 Å².